The van der Waals surface area contributed by atoms with Crippen LogP contribution in [0.1, 0.15) is 32.6 Å². The SMILES string of the molecule is O=C(N/N=C/c1ccc(O)cc1O)c1cc(OCc2ccccc2)c(OCc2ccccc2)c(OCc2ccccc2)c1. The number of hydrazone groups is 1. The van der Waals surface area contributed by atoms with Gasteiger partial charge in [-0.15, -0.1) is 0 Å². The summed E-state index contributed by atoms with van der Waals surface area (Å²) in [6, 6.07) is 36.3. The second kappa shape index (κ2) is 14.2. The minimum absolute atomic E-state index is 0.0840. The van der Waals surface area contributed by atoms with Gasteiger partial charge >= 0.3 is 0 Å². The fraction of sp³-hybridized carbons (Fsp3) is 0.0857. The van der Waals surface area contributed by atoms with Crippen LogP contribution in [-0.2, 0) is 19.8 Å². The molecule has 0 aromatic heterocycles. The van der Waals surface area contributed by atoms with Crippen molar-refractivity contribution in [3.63, 3.8) is 0 Å². The van der Waals surface area contributed by atoms with Gasteiger partial charge in [0.1, 0.15) is 31.3 Å². The smallest absolute Gasteiger partial charge is 0.271 e. The average molecular weight is 575 g/mol. The first kappa shape index (κ1) is 28.8. The maximum absolute atomic E-state index is 13.2. The van der Waals surface area contributed by atoms with Crippen LogP contribution in [0.15, 0.2) is 126 Å². The molecule has 216 valence electrons. The van der Waals surface area contributed by atoms with E-state index in [0.717, 1.165) is 16.7 Å². The number of aromatic hydroxyl groups is 2. The van der Waals surface area contributed by atoms with Crippen LogP contribution in [0.25, 0.3) is 0 Å². The minimum Gasteiger partial charge on any atom is -0.508 e. The summed E-state index contributed by atoms with van der Waals surface area (Å²) in [5.74, 6) is 0.236. The largest absolute Gasteiger partial charge is 0.508 e. The van der Waals surface area contributed by atoms with E-state index in [1.165, 1.54) is 24.4 Å². The van der Waals surface area contributed by atoms with Crippen molar-refractivity contribution >= 4 is 12.1 Å². The number of nitrogens with one attached hydrogen (secondary N) is 1. The predicted molar refractivity (Wildman–Crippen MR) is 164 cm³/mol. The summed E-state index contributed by atoms with van der Waals surface area (Å²) in [6.45, 7) is 0.740. The molecule has 0 spiro atoms. The van der Waals surface area contributed by atoms with Crippen molar-refractivity contribution in [1.82, 2.24) is 5.43 Å². The van der Waals surface area contributed by atoms with E-state index in [0.29, 0.717) is 22.8 Å². The molecule has 0 bridgehead atoms. The zero-order valence-corrected chi connectivity index (χ0v) is 23.2. The lowest BCUT2D eigenvalue weighted by molar-refractivity contribution is 0.0953. The second-order valence-corrected chi connectivity index (χ2v) is 9.57. The summed E-state index contributed by atoms with van der Waals surface area (Å²) < 4.78 is 18.7. The maximum atomic E-state index is 13.2. The lowest BCUT2D eigenvalue weighted by Crippen LogP contribution is -2.18. The van der Waals surface area contributed by atoms with Crippen LogP contribution in [-0.4, -0.2) is 22.3 Å². The van der Waals surface area contributed by atoms with Crippen molar-refractivity contribution in [3.05, 3.63) is 149 Å². The van der Waals surface area contributed by atoms with Crippen molar-refractivity contribution in [1.29, 1.82) is 0 Å². The van der Waals surface area contributed by atoms with Gasteiger partial charge in [0, 0.05) is 17.2 Å². The Balaban J connectivity index is 1.45. The van der Waals surface area contributed by atoms with E-state index in [9.17, 15) is 15.0 Å². The van der Waals surface area contributed by atoms with Crippen molar-refractivity contribution < 1.29 is 29.2 Å². The van der Waals surface area contributed by atoms with Gasteiger partial charge < -0.3 is 24.4 Å². The molecule has 0 radical (unpaired) electrons. The molecule has 8 nitrogen and oxygen atoms in total. The fourth-order valence-electron chi connectivity index (χ4n) is 4.13. The van der Waals surface area contributed by atoms with Crippen LogP contribution in [0.4, 0.5) is 0 Å². The number of carbonyl (C=O) groups is 1. The number of phenols is 2. The Kier molecular flexibility index (Phi) is 9.52. The number of hydrogen-bond acceptors (Lipinski definition) is 7. The summed E-state index contributed by atoms with van der Waals surface area (Å²) in [4.78, 5) is 13.2. The van der Waals surface area contributed by atoms with E-state index in [2.05, 4.69) is 10.5 Å². The molecule has 0 saturated carbocycles. The highest BCUT2D eigenvalue weighted by Gasteiger charge is 2.20. The van der Waals surface area contributed by atoms with Crippen molar-refractivity contribution in [3.8, 4) is 28.7 Å². The molecule has 0 aliphatic rings. The lowest BCUT2D eigenvalue weighted by atomic mass is 10.1. The number of rotatable bonds is 12. The van der Waals surface area contributed by atoms with Crippen LogP contribution < -0.4 is 19.6 Å². The van der Waals surface area contributed by atoms with Crippen molar-refractivity contribution in [2.45, 2.75) is 19.8 Å². The van der Waals surface area contributed by atoms with Gasteiger partial charge in [-0.25, -0.2) is 5.43 Å². The molecule has 43 heavy (non-hydrogen) atoms. The topological polar surface area (TPSA) is 110 Å². The number of phenolic OH excluding ortho intramolecular Hbond substituents is 2. The molecule has 0 aliphatic heterocycles. The molecule has 3 N–H and O–H groups in total. The summed E-state index contributed by atoms with van der Waals surface area (Å²) in [7, 11) is 0. The van der Waals surface area contributed by atoms with Gasteiger partial charge in [0.25, 0.3) is 5.91 Å². The van der Waals surface area contributed by atoms with E-state index in [1.807, 2.05) is 91.0 Å². The van der Waals surface area contributed by atoms with Crippen LogP contribution in [0, 0.1) is 0 Å². The Morgan fingerprint density at radius 2 is 1.14 bits per heavy atom. The van der Waals surface area contributed by atoms with Gasteiger partial charge in [-0.05, 0) is 41.0 Å². The summed E-state index contributed by atoms with van der Waals surface area (Å²) in [5, 5.41) is 23.5. The van der Waals surface area contributed by atoms with E-state index < -0.39 is 5.91 Å². The molecule has 0 fully saturated rings. The second-order valence-electron chi connectivity index (χ2n) is 9.57. The Labute approximate surface area is 249 Å². The molecule has 0 saturated heterocycles. The molecule has 0 aliphatic carbocycles. The number of benzene rings is 5. The van der Waals surface area contributed by atoms with Gasteiger partial charge in [-0.2, -0.15) is 5.10 Å². The Bertz CT molecular complexity index is 1610. The third-order valence-corrected chi connectivity index (χ3v) is 6.37. The van der Waals surface area contributed by atoms with Crippen molar-refractivity contribution in [2.75, 3.05) is 0 Å². The van der Waals surface area contributed by atoms with E-state index >= 15 is 0 Å². The molecule has 0 unspecified atom stereocenters. The molecule has 8 heteroatoms. The van der Waals surface area contributed by atoms with Gasteiger partial charge in [0.05, 0.1) is 6.21 Å². The standard InChI is InChI=1S/C35H30N2O6/c38-30-17-16-28(31(39)20-30)21-36-37-35(40)29-18-32(41-22-25-10-4-1-5-11-25)34(43-24-27-14-8-3-9-15-27)33(19-29)42-23-26-12-6-2-7-13-26/h1-21,38-39H,22-24H2,(H,37,40)/b36-21+. The highest BCUT2D eigenvalue weighted by atomic mass is 16.5. The van der Waals surface area contributed by atoms with Gasteiger partial charge in [0.15, 0.2) is 11.5 Å². The zero-order valence-electron chi connectivity index (χ0n) is 23.2. The first-order valence-electron chi connectivity index (χ1n) is 13.6. The first-order chi connectivity index (χ1) is 21.0. The van der Waals surface area contributed by atoms with Gasteiger partial charge in [-0.3, -0.25) is 4.79 Å². The summed E-state index contributed by atoms with van der Waals surface area (Å²) in [6.07, 6.45) is 1.28. The summed E-state index contributed by atoms with van der Waals surface area (Å²) in [5.41, 5.74) is 5.86. The predicted octanol–water partition coefficient (Wildman–Crippen LogP) is 6.60. The Hall–Kier alpha value is -5.76. The molecule has 0 atom stereocenters. The highest BCUT2D eigenvalue weighted by Crippen LogP contribution is 2.40. The van der Waals surface area contributed by atoms with Crippen LogP contribution in [0.2, 0.25) is 0 Å². The lowest BCUT2D eigenvalue weighted by Gasteiger charge is -2.19. The first-order valence-corrected chi connectivity index (χ1v) is 13.6. The normalized spacial score (nSPS) is 10.8. The zero-order chi connectivity index (χ0) is 29.9. The maximum Gasteiger partial charge on any atom is 0.271 e. The number of ether oxygens (including phenoxy) is 3. The summed E-state index contributed by atoms with van der Waals surface area (Å²) >= 11 is 0. The highest BCUT2D eigenvalue weighted by molar-refractivity contribution is 5.96. The van der Waals surface area contributed by atoms with Crippen LogP contribution in [0.5, 0.6) is 28.7 Å². The fourth-order valence-corrected chi connectivity index (χ4v) is 4.13. The van der Waals surface area contributed by atoms with E-state index in [4.69, 9.17) is 14.2 Å². The number of carbonyl (C=O) groups excluding carboxylic acids is 1. The number of nitrogens with zero attached hydrogens (tertiary/aromatic N) is 1. The van der Waals surface area contributed by atoms with Gasteiger partial charge in [0.2, 0.25) is 5.75 Å². The van der Waals surface area contributed by atoms with E-state index in [-0.39, 0.29) is 36.9 Å². The molecule has 5 aromatic carbocycles. The third-order valence-electron chi connectivity index (χ3n) is 6.37. The molecule has 5 rings (SSSR count). The van der Waals surface area contributed by atoms with Crippen molar-refractivity contribution in [2.24, 2.45) is 5.10 Å². The monoisotopic (exact) mass is 574 g/mol. The molecule has 5 aromatic rings. The number of amides is 1. The number of hydrogen-bond donors (Lipinski definition) is 3. The minimum atomic E-state index is -0.529. The van der Waals surface area contributed by atoms with E-state index in [1.54, 1.807) is 12.1 Å². The van der Waals surface area contributed by atoms with Crippen LogP contribution in [0.3, 0.4) is 0 Å². The molecular formula is C35H30N2O6. The molecule has 1 amide bonds. The molecular weight excluding hydrogens is 544 g/mol. The molecule has 0 heterocycles. The van der Waals surface area contributed by atoms with Gasteiger partial charge in [-0.1, -0.05) is 91.0 Å². The third kappa shape index (κ3) is 8.14. The average Bonchev–Trinajstić information content (AvgIpc) is 3.04. The Morgan fingerprint density at radius 1 is 0.651 bits per heavy atom. The van der Waals surface area contributed by atoms with Crippen LogP contribution >= 0.6 is 0 Å². The quantitative estimate of drug-likeness (QED) is 0.114. The Morgan fingerprint density at radius 3 is 1.63 bits per heavy atom.